The van der Waals surface area contributed by atoms with E-state index in [0.29, 0.717) is 15.9 Å². The van der Waals surface area contributed by atoms with E-state index in [2.05, 4.69) is 21.0 Å². The molecule has 1 aromatic carbocycles. The second-order valence-electron chi connectivity index (χ2n) is 3.67. The third kappa shape index (κ3) is 2.44. The molecule has 9 heteroatoms. The first-order valence-corrected chi connectivity index (χ1v) is 7.48. The second-order valence-corrected chi connectivity index (χ2v) is 6.34. The minimum Gasteiger partial charge on any atom is -0.225 e. The molecule has 0 saturated carbocycles. The van der Waals surface area contributed by atoms with Crippen LogP contribution in [0.25, 0.3) is 5.69 Å². The van der Waals surface area contributed by atoms with E-state index in [-0.39, 0.29) is 0 Å². The van der Waals surface area contributed by atoms with Gasteiger partial charge in [-0.3, -0.25) is 0 Å². The molecule has 0 aliphatic rings. The van der Waals surface area contributed by atoms with Crippen molar-refractivity contribution in [3.63, 3.8) is 0 Å². The molecule has 1 aromatic heterocycles. The minimum absolute atomic E-state index is 0.300. The van der Waals surface area contributed by atoms with Gasteiger partial charge in [-0.2, -0.15) is 19.1 Å². The zero-order valence-corrected chi connectivity index (χ0v) is 12.1. The Morgan fingerprint density at radius 3 is 2.35 bits per heavy atom. The summed E-state index contributed by atoms with van der Waals surface area (Å²) >= 11 is 3.17. The molecule has 0 fully saturated rings. The largest absolute Gasteiger partial charge is 0.341 e. The van der Waals surface area contributed by atoms with Gasteiger partial charge in [-0.1, -0.05) is 0 Å². The van der Waals surface area contributed by atoms with Crippen molar-refractivity contribution in [1.29, 1.82) is 5.26 Å². The molecular weight excluding hydrogens is 356 g/mol. The molecule has 2 rings (SSSR count). The van der Waals surface area contributed by atoms with E-state index in [0.717, 1.165) is 12.1 Å². The normalized spacial score (nSPS) is 11.6. The van der Waals surface area contributed by atoms with Crippen LogP contribution in [0.15, 0.2) is 40.0 Å². The lowest BCUT2D eigenvalue weighted by molar-refractivity contribution is 0.234. The Morgan fingerprint density at radius 1 is 1.30 bits per heavy atom. The summed E-state index contributed by atoms with van der Waals surface area (Å²) in [6.45, 7) is 0. The molecular formula is C11H6BrF2N3O2S. The Bertz CT molecular complexity index is 779. The van der Waals surface area contributed by atoms with Gasteiger partial charge in [0.25, 0.3) is 0 Å². The van der Waals surface area contributed by atoms with Crippen LogP contribution in [0.5, 0.6) is 0 Å². The summed E-state index contributed by atoms with van der Waals surface area (Å²) < 4.78 is 49.1. The number of alkyl halides is 2. The van der Waals surface area contributed by atoms with Crippen LogP contribution in [0.2, 0.25) is 0 Å². The second kappa shape index (κ2) is 5.30. The topological polar surface area (TPSA) is 75.8 Å². The fourth-order valence-corrected chi connectivity index (χ4v) is 2.68. The van der Waals surface area contributed by atoms with E-state index in [1.807, 2.05) is 6.07 Å². The van der Waals surface area contributed by atoms with Crippen LogP contribution in [0.1, 0.15) is 5.56 Å². The molecule has 2 aromatic rings. The number of hydrogen-bond acceptors (Lipinski definition) is 4. The van der Waals surface area contributed by atoms with Crippen LogP contribution in [-0.2, 0) is 9.84 Å². The van der Waals surface area contributed by atoms with Gasteiger partial charge in [0, 0.05) is 0 Å². The first-order chi connectivity index (χ1) is 9.37. The number of rotatable bonds is 3. The molecule has 104 valence electrons. The quantitative estimate of drug-likeness (QED) is 0.841. The van der Waals surface area contributed by atoms with Gasteiger partial charge in [0.1, 0.15) is 16.2 Å². The highest BCUT2D eigenvalue weighted by Gasteiger charge is 2.26. The Hall–Kier alpha value is -1.79. The maximum absolute atomic E-state index is 12.4. The number of aromatic nitrogens is 2. The van der Waals surface area contributed by atoms with E-state index in [1.165, 1.54) is 23.0 Å². The summed E-state index contributed by atoms with van der Waals surface area (Å²) in [4.78, 5) is -0.472. The van der Waals surface area contributed by atoms with Gasteiger partial charge in [0.05, 0.1) is 16.8 Å². The lowest BCUT2D eigenvalue weighted by Gasteiger charge is -2.06. The molecule has 0 amide bonds. The average molecular weight is 362 g/mol. The summed E-state index contributed by atoms with van der Waals surface area (Å²) in [5.74, 6) is -3.46. The van der Waals surface area contributed by atoms with Gasteiger partial charge in [0.15, 0.2) is 0 Å². The van der Waals surface area contributed by atoms with Crippen molar-refractivity contribution in [1.82, 2.24) is 9.78 Å². The van der Waals surface area contributed by atoms with Crippen LogP contribution < -0.4 is 0 Å². The minimum atomic E-state index is -4.61. The maximum Gasteiger partial charge on any atom is 0.341 e. The van der Waals surface area contributed by atoms with E-state index in [4.69, 9.17) is 5.26 Å². The van der Waals surface area contributed by atoms with Crippen molar-refractivity contribution in [2.45, 2.75) is 10.7 Å². The van der Waals surface area contributed by atoms with Gasteiger partial charge in [0.2, 0.25) is 9.84 Å². The summed E-state index contributed by atoms with van der Waals surface area (Å²) in [5.41, 5.74) is 0.737. The van der Waals surface area contributed by atoms with E-state index in [1.54, 1.807) is 0 Å². The number of sulfone groups is 1. The van der Waals surface area contributed by atoms with E-state index in [9.17, 15) is 17.2 Å². The highest BCUT2D eigenvalue weighted by atomic mass is 79.9. The average Bonchev–Trinajstić information content (AvgIpc) is 2.79. The molecule has 0 aliphatic carbocycles. The standard InChI is InChI=1S/C11H6BrF2N3O2S/c12-10-7(5-15)6-16-17(10)8-1-3-9(4-2-8)20(18,19)11(13)14/h1-4,6,11H. The lowest BCUT2D eigenvalue weighted by atomic mass is 10.3. The van der Waals surface area contributed by atoms with Crippen molar-refractivity contribution in [3.05, 3.63) is 40.6 Å². The fraction of sp³-hybridized carbons (Fsp3) is 0.0909. The van der Waals surface area contributed by atoms with E-state index < -0.39 is 20.5 Å². The number of nitrogens with zero attached hydrogens (tertiary/aromatic N) is 3. The Kier molecular flexibility index (Phi) is 3.87. The Balaban J connectivity index is 2.44. The number of hydrogen-bond donors (Lipinski definition) is 0. The van der Waals surface area contributed by atoms with Crippen molar-refractivity contribution < 1.29 is 17.2 Å². The van der Waals surface area contributed by atoms with Crippen LogP contribution in [-0.4, -0.2) is 24.0 Å². The number of benzene rings is 1. The predicted octanol–water partition coefficient (Wildman–Crippen LogP) is 2.50. The van der Waals surface area contributed by atoms with Crippen molar-refractivity contribution >= 4 is 25.8 Å². The zero-order chi connectivity index (χ0) is 14.9. The maximum atomic E-state index is 12.4. The van der Waals surface area contributed by atoms with Crippen molar-refractivity contribution in [2.24, 2.45) is 0 Å². The van der Waals surface area contributed by atoms with Gasteiger partial charge >= 0.3 is 5.76 Å². The Labute approximate surface area is 121 Å². The third-order valence-corrected chi connectivity index (χ3v) is 4.64. The SMILES string of the molecule is N#Cc1cnn(-c2ccc(S(=O)(=O)C(F)F)cc2)c1Br. The highest BCUT2D eigenvalue weighted by Crippen LogP contribution is 2.23. The van der Waals surface area contributed by atoms with Crippen LogP contribution in [0.3, 0.4) is 0 Å². The molecule has 0 N–H and O–H groups in total. The monoisotopic (exact) mass is 361 g/mol. The summed E-state index contributed by atoms with van der Waals surface area (Å²) in [6.07, 6.45) is 1.33. The summed E-state index contributed by atoms with van der Waals surface area (Å²) in [7, 11) is -4.61. The number of halogens is 3. The lowest BCUT2D eigenvalue weighted by Crippen LogP contribution is -2.11. The molecule has 0 saturated heterocycles. The molecule has 0 radical (unpaired) electrons. The number of nitriles is 1. The molecule has 0 aliphatic heterocycles. The highest BCUT2D eigenvalue weighted by molar-refractivity contribution is 9.10. The first-order valence-electron chi connectivity index (χ1n) is 5.14. The van der Waals surface area contributed by atoms with Gasteiger partial charge in [-0.25, -0.2) is 13.1 Å². The van der Waals surface area contributed by atoms with Gasteiger partial charge < -0.3 is 0 Å². The predicted molar refractivity (Wildman–Crippen MR) is 69.2 cm³/mol. The molecule has 0 bridgehead atoms. The molecule has 0 unspecified atom stereocenters. The molecule has 1 heterocycles. The summed E-state index contributed by atoms with van der Waals surface area (Å²) in [5, 5.41) is 12.7. The third-order valence-electron chi connectivity index (χ3n) is 2.48. The Morgan fingerprint density at radius 2 is 1.90 bits per heavy atom. The van der Waals surface area contributed by atoms with E-state index >= 15 is 0 Å². The molecule has 0 atom stereocenters. The molecule has 0 spiro atoms. The van der Waals surface area contributed by atoms with Crippen LogP contribution in [0, 0.1) is 11.3 Å². The van der Waals surface area contributed by atoms with Gasteiger partial charge in [-0.15, -0.1) is 0 Å². The summed E-state index contributed by atoms with van der Waals surface area (Å²) in [6, 6.07) is 6.70. The van der Waals surface area contributed by atoms with Crippen LogP contribution >= 0.6 is 15.9 Å². The smallest absolute Gasteiger partial charge is 0.225 e. The van der Waals surface area contributed by atoms with Crippen LogP contribution in [0.4, 0.5) is 8.78 Å². The van der Waals surface area contributed by atoms with Crippen molar-refractivity contribution in [2.75, 3.05) is 0 Å². The molecule has 5 nitrogen and oxygen atoms in total. The molecule has 20 heavy (non-hydrogen) atoms. The van der Waals surface area contributed by atoms with Crippen molar-refractivity contribution in [3.8, 4) is 11.8 Å². The van der Waals surface area contributed by atoms with Gasteiger partial charge in [-0.05, 0) is 40.2 Å². The first kappa shape index (κ1) is 14.6. The fourth-order valence-electron chi connectivity index (χ4n) is 1.47. The zero-order valence-electron chi connectivity index (χ0n) is 9.66.